The lowest BCUT2D eigenvalue weighted by Crippen LogP contribution is -2.46. The molecule has 0 saturated carbocycles. The molecular weight excluding hydrogens is 532 g/mol. The van der Waals surface area contributed by atoms with E-state index in [-0.39, 0.29) is 5.91 Å². The number of carbonyl (C=O) groups excluding carboxylic acids is 1. The van der Waals surface area contributed by atoms with E-state index in [4.69, 9.17) is 14.7 Å². The van der Waals surface area contributed by atoms with Crippen molar-refractivity contribution in [2.45, 2.75) is 6.54 Å². The van der Waals surface area contributed by atoms with E-state index in [9.17, 15) is 4.79 Å². The van der Waals surface area contributed by atoms with E-state index in [1.807, 2.05) is 66.9 Å². The largest absolute Gasteiger partial charge is 0.383 e. The number of nitrogens with zero attached hydrogens (tertiary/aromatic N) is 5. The van der Waals surface area contributed by atoms with E-state index in [0.717, 1.165) is 89.2 Å². The SMILES string of the molecule is COCCN1CCN(Cc2cnc3sc(-c4ccccc4NC(=O)c4cccc(-c5ccncc5)c4)nc3c2)CC1. The highest BCUT2D eigenvalue weighted by molar-refractivity contribution is 7.21. The third kappa shape index (κ3) is 6.49. The molecule has 3 aromatic heterocycles. The van der Waals surface area contributed by atoms with Crippen LogP contribution in [0, 0.1) is 0 Å². The molecule has 1 aliphatic rings. The molecule has 1 aliphatic heterocycles. The molecule has 5 aromatic rings. The fourth-order valence-electron chi connectivity index (χ4n) is 5.07. The Morgan fingerprint density at radius 3 is 2.59 bits per heavy atom. The number of amides is 1. The summed E-state index contributed by atoms with van der Waals surface area (Å²) < 4.78 is 5.22. The van der Waals surface area contributed by atoms with Gasteiger partial charge in [-0.15, -0.1) is 0 Å². The number of carbonyl (C=O) groups is 1. The van der Waals surface area contributed by atoms with Crippen LogP contribution < -0.4 is 5.32 Å². The maximum atomic E-state index is 13.3. The maximum absolute atomic E-state index is 13.3. The Labute approximate surface area is 243 Å². The first-order valence-electron chi connectivity index (χ1n) is 13.8. The topological polar surface area (TPSA) is 83.5 Å². The highest BCUT2D eigenvalue weighted by atomic mass is 32.1. The molecule has 0 radical (unpaired) electrons. The molecular formula is C32H32N6O2S. The number of thiazole rings is 1. The Morgan fingerprint density at radius 2 is 1.76 bits per heavy atom. The van der Waals surface area contributed by atoms with Crippen LogP contribution in [0.5, 0.6) is 0 Å². The number of methoxy groups -OCH3 is 1. The number of para-hydroxylation sites is 1. The number of hydrogen-bond acceptors (Lipinski definition) is 8. The van der Waals surface area contributed by atoms with Crippen LogP contribution in [0.15, 0.2) is 85.3 Å². The Bertz CT molecular complexity index is 1630. The summed E-state index contributed by atoms with van der Waals surface area (Å²) in [7, 11) is 1.75. The van der Waals surface area contributed by atoms with Crippen molar-refractivity contribution < 1.29 is 9.53 Å². The van der Waals surface area contributed by atoms with Crippen LogP contribution in [0.25, 0.3) is 32.0 Å². The van der Waals surface area contributed by atoms with Crippen molar-refractivity contribution >= 4 is 33.3 Å². The zero-order chi connectivity index (χ0) is 28.0. The highest BCUT2D eigenvalue weighted by Gasteiger charge is 2.18. The van der Waals surface area contributed by atoms with Gasteiger partial charge in [0.05, 0.1) is 12.3 Å². The Hall–Kier alpha value is -4.02. The van der Waals surface area contributed by atoms with Crippen LogP contribution >= 0.6 is 11.3 Å². The Balaban J connectivity index is 1.17. The molecule has 0 spiro atoms. The number of aromatic nitrogens is 3. The summed E-state index contributed by atoms with van der Waals surface area (Å²) >= 11 is 1.54. The third-order valence-electron chi connectivity index (χ3n) is 7.33. The minimum Gasteiger partial charge on any atom is -0.383 e. The molecule has 9 heteroatoms. The number of pyridine rings is 2. The number of rotatable bonds is 9. The smallest absolute Gasteiger partial charge is 0.255 e. The number of ether oxygens (including phenoxy) is 1. The van der Waals surface area contributed by atoms with Gasteiger partial charge in [0.1, 0.15) is 15.4 Å². The second kappa shape index (κ2) is 12.7. The molecule has 0 unspecified atom stereocenters. The van der Waals surface area contributed by atoms with E-state index in [1.165, 1.54) is 11.3 Å². The van der Waals surface area contributed by atoms with Gasteiger partial charge in [-0.1, -0.05) is 35.6 Å². The summed E-state index contributed by atoms with van der Waals surface area (Å²) in [6.45, 7) is 6.79. The van der Waals surface area contributed by atoms with E-state index in [2.05, 4.69) is 26.2 Å². The minimum atomic E-state index is -0.169. The molecule has 0 atom stereocenters. The first kappa shape index (κ1) is 27.2. The summed E-state index contributed by atoms with van der Waals surface area (Å²) in [4.78, 5) is 32.8. The van der Waals surface area contributed by atoms with Crippen molar-refractivity contribution in [3.63, 3.8) is 0 Å². The van der Waals surface area contributed by atoms with E-state index >= 15 is 0 Å². The van der Waals surface area contributed by atoms with Gasteiger partial charge in [-0.3, -0.25) is 19.6 Å². The first-order chi connectivity index (χ1) is 20.2. The Morgan fingerprint density at radius 1 is 0.951 bits per heavy atom. The lowest BCUT2D eigenvalue weighted by Gasteiger charge is -2.34. The minimum absolute atomic E-state index is 0.169. The number of anilines is 1. The quantitative estimate of drug-likeness (QED) is 0.255. The van der Waals surface area contributed by atoms with Gasteiger partial charge in [-0.25, -0.2) is 9.97 Å². The number of fused-ring (bicyclic) bond motifs is 1. The molecule has 0 aliphatic carbocycles. The molecule has 4 heterocycles. The van der Waals surface area contributed by atoms with Crippen LogP contribution in [0.2, 0.25) is 0 Å². The first-order valence-corrected chi connectivity index (χ1v) is 14.6. The number of nitrogens with one attached hydrogen (secondary N) is 1. The van der Waals surface area contributed by atoms with Gasteiger partial charge in [0.15, 0.2) is 0 Å². The number of hydrogen-bond donors (Lipinski definition) is 1. The number of piperazine rings is 1. The van der Waals surface area contributed by atoms with Crippen LogP contribution in [-0.4, -0.2) is 77.1 Å². The van der Waals surface area contributed by atoms with Crippen LogP contribution in [0.4, 0.5) is 5.69 Å². The Kier molecular flexibility index (Phi) is 8.39. The van der Waals surface area contributed by atoms with Crippen molar-refractivity contribution in [3.05, 3.63) is 96.4 Å². The summed E-state index contributed by atoms with van der Waals surface area (Å²) in [5, 5.41) is 3.94. The third-order valence-corrected chi connectivity index (χ3v) is 8.34. The molecule has 2 aromatic carbocycles. The molecule has 208 valence electrons. The molecule has 1 amide bonds. The molecule has 6 rings (SSSR count). The molecule has 1 fully saturated rings. The van der Waals surface area contributed by atoms with Crippen molar-refractivity contribution in [3.8, 4) is 21.7 Å². The van der Waals surface area contributed by atoms with Crippen LogP contribution in [-0.2, 0) is 11.3 Å². The van der Waals surface area contributed by atoms with Gasteiger partial charge in [0.25, 0.3) is 5.91 Å². The van der Waals surface area contributed by atoms with Crippen molar-refractivity contribution in [2.24, 2.45) is 0 Å². The standard InChI is InChI=1S/C32H32N6O2S/c1-40-18-17-37-13-15-38(16-14-37)22-23-19-29-32(34-21-23)41-31(36-29)27-7-2-3-8-28(27)35-30(39)26-6-4-5-25(20-26)24-9-11-33-12-10-24/h2-12,19-21H,13-18,22H2,1H3,(H,35,39). The lowest BCUT2D eigenvalue weighted by atomic mass is 10.0. The monoisotopic (exact) mass is 564 g/mol. The highest BCUT2D eigenvalue weighted by Crippen LogP contribution is 2.34. The summed E-state index contributed by atoms with van der Waals surface area (Å²) in [5.74, 6) is -0.169. The summed E-state index contributed by atoms with van der Waals surface area (Å²) in [6, 6.07) is 21.4. The normalized spacial score (nSPS) is 14.4. The lowest BCUT2D eigenvalue weighted by molar-refractivity contribution is 0.0938. The van der Waals surface area contributed by atoms with Crippen molar-refractivity contribution in [1.29, 1.82) is 0 Å². The van der Waals surface area contributed by atoms with Crippen molar-refractivity contribution in [1.82, 2.24) is 24.8 Å². The zero-order valence-corrected chi connectivity index (χ0v) is 23.8. The molecule has 1 saturated heterocycles. The predicted octanol–water partition coefficient (Wildman–Crippen LogP) is 5.44. The molecule has 0 bridgehead atoms. The van der Waals surface area contributed by atoms with Crippen molar-refractivity contribution in [2.75, 3.05) is 51.8 Å². The van der Waals surface area contributed by atoms with Gasteiger partial charge in [-0.2, -0.15) is 0 Å². The maximum Gasteiger partial charge on any atom is 0.255 e. The summed E-state index contributed by atoms with van der Waals surface area (Å²) in [6.07, 6.45) is 5.46. The van der Waals surface area contributed by atoms with Gasteiger partial charge in [0.2, 0.25) is 0 Å². The van der Waals surface area contributed by atoms with Gasteiger partial charge >= 0.3 is 0 Å². The summed E-state index contributed by atoms with van der Waals surface area (Å²) in [5.41, 5.74) is 6.21. The van der Waals surface area contributed by atoms with Gasteiger partial charge < -0.3 is 10.1 Å². The van der Waals surface area contributed by atoms with Crippen LogP contribution in [0.1, 0.15) is 15.9 Å². The average Bonchev–Trinajstić information content (AvgIpc) is 3.45. The van der Waals surface area contributed by atoms with Gasteiger partial charge in [-0.05, 0) is 59.2 Å². The van der Waals surface area contributed by atoms with E-state index in [1.54, 1.807) is 19.5 Å². The fraction of sp³-hybridized carbons (Fsp3) is 0.250. The second-order valence-corrected chi connectivity index (χ2v) is 11.1. The molecule has 1 N–H and O–H groups in total. The second-order valence-electron chi connectivity index (χ2n) is 10.1. The predicted molar refractivity (Wildman–Crippen MR) is 164 cm³/mol. The fourth-order valence-corrected chi connectivity index (χ4v) is 6.00. The van der Waals surface area contributed by atoms with E-state index < -0.39 is 0 Å². The number of benzene rings is 2. The average molecular weight is 565 g/mol. The van der Waals surface area contributed by atoms with E-state index in [0.29, 0.717) is 5.56 Å². The zero-order valence-electron chi connectivity index (χ0n) is 23.0. The van der Waals surface area contributed by atoms with Crippen LogP contribution in [0.3, 0.4) is 0 Å². The van der Waals surface area contributed by atoms with Gasteiger partial charge in [0, 0.05) is 76.1 Å². The molecule has 8 nitrogen and oxygen atoms in total. The molecule has 41 heavy (non-hydrogen) atoms.